The van der Waals surface area contributed by atoms with Crippen LogP contribution in [0.2, 0.25) is 0 Å². The van der Waals surface area contributed by atoms with Gasteiger partial charge in [0, 0.05) is 171 Å². The second kappa shape index (κ2) is 135. The highest BCUT2D eigenvalue weighted by molar-refractivity contribution is 7.99. The van der Waals surface area contributed by atoms with E-state index in [9.17, 15) is 95.9 Å². The molecule has 0 heterocycles. The molecule has 3 atom stereocenters. The summed E-state index contributed by atoms with van der Waals surface area (Å²) in [6.07, 6.45) is 2.25. The highest BCUT2D eigenvalue weighted by atomic mass is 32.2. The zero-order valence-electron chi connectivity index (χ0n) is 86.3. The van der Waals surface area contributed by atoms with Crippen molar-refractivity contribution >= 4 is 154 Å². The monoisotopic (exact) mass is 2060 g/mol. The van der Waals surface area contributed by atoms with E-state index in [0.29, 0.717) is 82.2 Å². The topological polar surface area (TPSA) is 618 Å². The van der Waals surface area contributed by atoms with Gasteiger partial charge in [0.15, 0.2) is 84.0 Å². The molecular formula is C84H158O50S3. The van der Waals surface area contributed by atoms with E-state index in [4.69, 9.17) is 37.9 Å². The zero-order chi connectivity index (χ0) is 110. The van der Waals surface area contributed by atoms with Crippen LogP contribution in [0.3, 0.4) is 0 Å². The minimum absolute atomic E-state index is 0.00264. The summed E-state index contributed by atoms with van der Waals surface area (Å²) in [5.74, 6) is -5.19. The molecule has 137 heavy (non-hydrogen) atoms. The van der Waals surface area contributed by atoms with E-state index in [1.54, 1.807) is 100 Å². The van der Waals surface area contributed by atoms with Gasteiger partial charge in [-0.15, -0.1) is 23.5 Å². The molecule has 0 aromatic rings. The number of rotatable bonds is 50. The van der Waals surface area contributed by atoms with E-state index in [-0.39, 0.29) is 147 Å². The Morgan fingerprint density at radius 1 is 0.241 bits per heavy atom. The molecule has 0 saturated heterocycles. The van der Waals surface area contributed by atoms with Crippen molar-refractivity contribution in [2.75, 3.05) is 206 Å². The van der Waals surface area contributed by atoms with Crippen LogP contribution in [-0.4, -0.2) is 350 Å². The SMILES string of the molecule is CCC(=O)COC(C)=O.CCC(=O)COCOC(C)=O.CCC(=O)OCOC(C)=O.CCOC(=O)COC(C)=O.CCOCC(=O)OCOC(C)=O.CCOCOC(=O)COC(C)=O.CCOCOC(C)=O.CCOCOCOC(C)=O.CCOCSCOC(C)=O.CCSCOC(C)=O.COC(=O)C(C)OC.COC(=O)COC(C)=O.COC(C)OC.COC(C)OC(C)=O.COC(C)SC. The highest BCUT2D eigenvalue weighted by Gasteiger charge is 2.11. The van der Waals surface area contributed by atoms with Gasteiger partial charge in [-0.05, 0) is 81.2 Å². The second-order valence-corrected chi connectivity index (χ2v) is 25.8. The molecule has 50 nitrogen and oxygen atoms in total. The Kier molecular flexibility index (Phi) is 159. The summed E-state index contributed by atoms with van der Waals surface area (Å²) in [5, 5.41) is 0. The van der Waals surface area contributed by atoms with Gasteiger partial charge in [-0.25, -0.2) is 24.0 Å². The molecule has 812 valence electrons. The average molecular weight is 2060 g/mol. The maximum absolute atomic E-state index is 10.6. The first kappa shape index (κ1) is 161. The molecule has 0 bridgehead atoms. The highest BCUT2D eigenvalue weighted by Crippen LogP contribution is 2.04. The van der Waals surface area contributed by atoms with Crippen molar-refractivity contribution in [1.82, 2.24) is 0 Å². The lowest BCUT2D eigenvalue weighted by Crippen LogP contribution is -2.19. The van der Waals surface area contributed by atoms with Crippen LogP contribution in [-0.2, 0) is 238 Å². The molecule has 0 aromatic carbocycles. The number of carbonyl (C=O) groups excluding carboxylic acids is 20. The first-order valence-electron chi connectivity index (χ1n) is 41.1. The Hall–Kier alpha value is -9.63. The van der Waals surface area contributed by atoms with Crippen LogP contribution in [0.1, 0.15) is 199 Å². The average Bonchev–Trinajstić information content (AvgIpc) is 1.01. The third kappa shape index (κ3) is 215. The van der Waals surface area contributed by atoms with Gasteiger partial charge >= 0.3 is 107 Å². The predicted molar refractivity (Wildman–Crippen MR) is 491 cm³/mol. The van der Waals surface area contributed by atoms with E-state index in [1.165, 1.54) is 123 Å². The largest absolute Gasteiger partial charge is 0.467 e. The van der Waals surface area contributed by atoms with Crippen LogP contribution in [0.5, 0.6) is 0 Å². The van der Waals surface area contributed by atoms with Gasteiger partial charge in [-0.1, -0.05) is 39.5 Å². The Morgan fingerprint density at radius 2 is 0.562 bits per heavy atom. The van der Waals surface area contributed by atoms with E-state index in [1.807, 2.05) is 47.8 Å². The lowest BCUT2D eigenvalue weighted by Gasteiger charge is -2.07. The number of hydrogen-bond donors (Lipinski definition) is 0. The van der Waals surface area contributed by atoms with Crippen molar-refractivity contribution in [1.29, 1.82) is 0 Å². The lowest BCUT2D eigenvalue weighted by molar-refractivity contribution is -0.169. The molecular weight excluding hydrogens is 1910 g/mol. The summed E-state index contributed by atoms with van der Waals surface area (Å²) in [4.78, 5) is 205. The lowest BCUT2D eigenvalue weighted by atomic mass is 10.3. The van der Waals surface area contributed by atoms with Crippen LogP contribution in [0.4, 0.5) is 0 Å². The van der Waals surface area contributed by atoms with Gasteiger partial charge in [-0.3, -0.25) is 71.9 Å². The summed E-state index contributed by atoms with van der Waals surface area (Å²) in [6.45, 7) is 42.0. The third-order valence-electron chi connectivity index (χ3n) is 11.1. The Bertz CT molecular complexity index is 2870. The molecule has 0 spiro atoms. The number of thioether (sulfide) groups is 3. The molecule has 3 unspecified atom stereocenters. The summed E-state index contributed by atoms with van der Waals surface area (Å²) < 4.78 is 136. The zero-order valence-corrected chi connectivity index (χ0v) is 88.8. The minimum Gasteiger partial charge on any atom is -0.467 e. The smallest absolute Gasteiger partial charge is 0.346 e. The third-order valence-corrected chi connectivity index (χ3v) is 13.3. The number of carbonyl (C=O) groups is 20. The number of hydrogen-bond acceptors (Lipinski definition) is 53. The molecule has 0 amide bonds. The number of esters is 18. The minimum atomic E-state index is -0.612. The first-order chi connectivity index (χ1) is 64.2. The number of ketones is 2. The maximum atomic E-state index is 10.6. The van der Waals surface area contributed by atoms with E-state index in [2.05, 4.69) is 104 Å². The molecule has 0 aromatic heterocycles. The summed E-state index contributed by atoms with van der Waals surface area (Å²) in [5.41, 5.74) is 0.352. The Balaban J connectivity index is -0.0000000898. The maximum Gasteiger partial charge on any atom is 0.346 e. The van der Waals surface area contributed by atoms with E-state index in [0.717, 1.165) is 5.75 Å². The van der Waals surface area contributed by atoms with Crippen molar-refractivity contribution in [3.8, 4) is 0 Å². The predicted octanol–water partition coefficient (Wildman–Crippen LogP) is 7.76. The van der Waals surface area contributed by atoms with Gasteiger partial charge < -0.3 is 142 Å². The molecule has 53 heteroatoms. The van der Waals surface area contributed by atoms with Crippen LogP contribution >= 0.6 is 35.3 Å². The summed E-state index contributed by atoms with van der Waals surface area (Å²) in [7, 11) is 10.4. The quantitative estimate of drug-likeness (QED) is 0.0243. The molecule has 0 aliphatic rings. The molecule has 0 aliphatic heterocycles. The molecule has 0 rings (SSSR count). The van der Waals surface area contributed by atoms with Gasteiger partial charge in [0.2, 0.25) is 13.6 Å². The molecule has 0 fully saturated rings. The van der Waals surface area contributed by atoms with Crippen LogP contribution in [0.25, 0.3) is 0 Å². The normalized spacial score (nSPS) is 9.69. The molecule has 0 radical (unpaired) electrons. The van der Waals surface area contributed by atoms with Crippen LogP contribution in [0, 0.1) is 0 Å². The van der Waals surface area contributed by atoms with Gasteiger partial charge in [-0.2, -0.15) is 0 Å². The second-order valence-electron chi connectivity index (χ2n) is 22.6. The van der Waals surface area contributed by atoms with Gasteiger partial charge in [0.25, 0.3) is 0 Å². The van der Waals surface area contributed by atoms with Gasteiger partial charge in [0.05, 0.1) is 32.2 Å². The van der Waals surface area contributed by atoms with E-state index < -0.39 is 78.1 Å². The Labute approximate surface area is 818 Å². The summed E-state index contributed by atoms with van der Waals surface area (Å²) >= 11 is 4.74. The van der Waals surface area contributed by atoms with Crippen molar-refractivity contribution in [2.24, 2.45) is 0 Å². The first-order valence-corrected chi connectivity index (χ1v) is 44.6. The molecule has 0 saturated carbocycles. The van der Waals surface area contributed by atoms with Gasteiger partial charge in [0.1, 0.15) is 31.7 Å². The number of ether oxygens (including phenoxy) is 30. The van der Waals surface area contributed by atoms with Crippen molar-refractivity contribution in [2.45, 2.75) is 223 Å². The fourth-order valence-corrected chi connectivity index (χ4v) is 5.29. The van der Waals surface area contributed by atoms with Crippen LogP contribution < -0.4 is 0 Å². The van der Waals surface area contributed by atoms with Crippen molar-refractivity contribution < 1.29 is 238 Å². The fourth-order valence-electron chi connectivity index (χ4n) is 4.08. The fraction of sp³-hybridized carbons (Fsp3) is 0.762. The molecule has 0 N–H and O–H groups in total. The number of methoxy groups -OCH3 is 7. The summed E-state index contributed by atoms with van der Waals surface area (Å²) in [6, 6.07) is 0. The molecule has 0 aliphatic carbocycles. The van der Waals surface area contributed by atoms with E-state index >= 15 is 0 Å². The van der Waals surface area contributed by atoms with Crippen molar-refractivity contribution in [3.05, 3.63) is 0 Å². The van der Waals surface area contributed by atoms with Crippen molar-refractivity contribution in [3.63, 3.8) is 0 Å². The van der Waals surface area contributed by atoms with Crippen LogP contribution in [0.15, 0.2) is 0 Å². The Morgan fingerprint density at radius 3 is 0.854 bits per heavy atom. The standard InChI is InChI=1S/2C7H12O5.C7H12O4.C6H12O4.2C6H10O4.C6H12O3S.C6H10O3.C5H8O4.3C5H10O3.C5H10O2S.C4H10O2.C4H10OS/c1-3-10-5-12-7(9)4-11-6(2)8;1-3-10-4-7(9)12-5-11-6(2)8;1-3-7(9)4-10-5-11-6(2)8;1-3-8-4-9-5-10-6(2)7;1-3-9-6(8)4-10-5(2)7;1-3-6(8)10-4-9-5(2)7;1-3-8-4-10-5-9-6(2)7;1-3-6(8)4-9-5(2)7;1-4(6)9-3-5(7)8-2;1-4(7-2)5(6)8-3;1-4(6)8-5(2)7-3;1-3-7-4-8-5(2)6;1-3-8-4-7-5(2)6;2*1-4(5-2)6-3/h2*3-5H2,1-2H3;3-5H2,1-2H3;3-5H2,1-2H3;2*3-4H2,1-2H3;3-5H2,1-2H3;3-4H2,1-2H3;3H2,1-2H3;4H,1-3H3;5H,1-3H3;2*3-4H2,1-2H3;2*4H,1-3H3. The number of Topliss-reactive ketones (excluding diaryl/α,β-unsaturated/α-hetero) is 2.